The van der Waals surface area contributed by atoms with Gasteiger partial charge in [0.2, 0.25) is 0 Å². The first kappa shape index (κ1) is 11.7. The van der Waals surface area contributed by atoms with Crippen LogP contribution in [0.15, 0.2) is 54.6 Å². The summed E-state index contributed by atoms with van der Waals surface area (Å²) in [6.07, 6.45) is 7.67. The van der Waals surface area contributed by atoms with E-state index in [4.69, 9.17) is 0 Å². The van der Waals surface area contributed by atoms with Gasteiger partial charge in [0.15, 0.2) is 0 Å². The van der Waals surface area contributed by atoms with Gasteiger partial charge in [-0.25, -0.2) is 0 Å². The van der Waals surface area contributed by atoms with E-state index in [0.29, 0.717) is 0 Å². The number of hydrogen-bond acceptors (Lipinski definition) is 2. The van der Waals surface area contributed by atoms with Gasteiger partial charge in [0.05, 0.1) is 0 Å². The van der Waals surface area contributed by atoms with Crippen molar-refractivity contribution in [3.05, 3.63) is 60.2 Å². The van der Waals surface area contributed by atoms with Gasteiger partial charge < -0.3 is 0 Å². The van der Waals surface area contributed by atoms with E-state index in [1.165, 1.54) is 5.32 Å². The maximum absolute atomic E-state index is 4.46. The van der Waals surface area contributed by atoms with Gasteiger partial charge in [0, 0.05) is 23.9 Å². The molecule has 0 spiro atoms. The standard InChI is InChI=1S/C14H16N2Si/c1-17(2,14-7-3-4-10-16-14)11-8-13-6-5-9-15-12-13/h3-12H,1-2H3/b11-8+. The third-order valence-corrected chi connectivity index (χ3v) is 5.32. The van der Waals surface area contributed by atoms with Gasteiger partial charge >= 0.3 is 0 Å². The van der Waals surface area contributed by atoms with Gasteiger partial charge in [-0.1, -0.05) is 37.0 Å². The molecule has 0 bridgehead atoms. The van der Waals surface area contributed by atoms with Crippen molar-refractivity contribution in [1.82, 2.24) is 9.97 Å². The maximum Gasteiger partial charge on any atom is 0.127 e. The summed E-state index contributed by atoms with van der Waals surface area (Å²) in [5.41, 5.74) is 3.44. The van der Waals surface area contributed by atoms with Crippen LogP contribution in [0.3, 0.4) is 0 Å². The molecule has 0 atom stereocenters. The summed E-state index contributed by atoms with van der Waals surface area (Å²) >= 11 is 0. The van der Waals surface area contributed by atoms with Gasteiger partial charge in [0.25, 0.3) is 0 Å². The molecule has 0 fully saturated rings. The Morgan fingerprint density at radius 2 is 1.94 bits per heavy atom. The highest BCUT2D eigenvalue weighted by molar-refractivity contribution is 6.93. The fourth-order valence-corrected chi connectivity index (χ4v) is 3.32. The summed E-state index contributed by atoms with van der Waals surface area (Å²) in [7, 11) is -1.58. The Bertz CT molecular complexity index is 492. The molecule has 2 rings (SSSR count). The second-order valence-corrected chi connectivity index (χ2v) is 8.85. The van der Waals surface area contributed by atoms with Gasteiger partial charge in [-0.15, -0.1) is 0 Å². The summed E-state index contributed by atoms with van der Waals surface area (Å²) in [4.78, 5) is 8.56. The Labute approximate surface area is 103 Å². The molecule has 0 aliphatic rings. The summed E-state index contributed by atoms with van der Waals surface area (Å²) in [5, 5.41) is 1.21. The fourth-order valence-electron chi connectivity index (χ4n) is 1.61. The zero-order chi connectivity index (χ0) is 12.1. The third kappa shape index (κ3) is 3.11. The molecule has 0 radical (unpaired) electrons. The molecule has 0 aromatic carbocycles. The van der Waals surface area contributed by atoms with Crippen molar-refractivity contribution in [3.8, 4) is 0 Å². The first-order valence-corrected chi connectivity index (χ1v) is 8.77. The van der Waals surface area contributed by atoms with Crippen LogP contribution in [0.2, 0.25) is 13.1 Å². The van der Waals surface area contributed by atoms with E-state index >= 15 is 0 Å². The van der Waals surface area contributed by atoms with Crippen LogP contribution in [0.5, 0.6) is 0 Å². The Hall–Kier alpha value is -1.74. The lowest BCUT2D eigenvalue weighted by atomic mass is 10.3. The van der Waals surface area contributed by atoms with Crippen LogP contribution in [0, 0.1) is 0 Å². The average molecular weight is 240 g/mol. The van der Waals surface area contributed by atoms with Crippen molar-refractivity contribution in [1.29, 1.82) is 0 Å². The lowest BCUT2D eigenvalue weighted by molar-refractivity contribution is 1.32. The zero-order valence-corrected chi connectivity index (χ0v) is 11.2. The quantitative estimate of drug-likeness (QED) is 0.771. The normalized spacial score (nSPS) is 11.9. The van der Waals surface area contributed by atoms with Crippen LogP contribution in [0.1, 0.15) is 5.56 Å². The maximum atomic E-state index is 4.46. The van der Waals surface area contributed by atoms with E-state index in [1.807, 2.05) is 24.5 Å². The van der Waals surface area contributed by atoms with Crippen molar-refractivity contribution in [3.63, 3.8) is 0 Å². The monoisotopic (exact) mass is 240 g/mol. The van der Waals surface area contributed by atoms with Crippen LogP contribution < -0.4 is 5.32 Å². The highest BCUT2D eigenvalue weighted by atomic mass is 28.3. The van der Waals surface area contributed by atoms with Crippen molar-refractivity contribution in [2.24, 2.45) is 0 Å². The molecule has 2 heterocycles. The molecule has 17 heavy (non-hydrogen) atoms. The molecule has 0 saturated carbocycles. The molecule has 2 aromatic heterocycles. The van der Waals surface area contributed by atoms with E-state index < -0.39 is 8.07 Å². The van der Waals surface area contributed by atoms with E-state index in [-0.39, 0.29) is 0 Å². The van der Waals surface area contributed by atoms with Gasteiger partial charge in [-0.2, -0.15) is 0 Å². The average Bonchev–Trinajstić information content (AvgIpc) is 2.39. The molecule has 0 saturated heterocycles. The number of pyridine rings is 2. The van der Waals surface area contributed by atoms with Crippen molar-refractivity contribution < 1.29 is 0 Å². The van der Waals surface area contributed by atoms with Gasteiger partial charge in [-0.05, 0) is 23.8 Å². The lowest BCUT2D eigenvalue weighted by Gasteiger charge is -2.16. The fraction of sp³-hybridized carbons (Fsp3) is 0.143. The van der Waals surface area contributed by atoms with Crippen molar-refractivity contribution in [2.75, 3.05) is 0 Å². The molecule has 2 nitrogen and oxygen atoms in total. The molecule has 0 amide bonds. The first-order chi connectivity index (χ1) is 8.18. The highest BCUT2D eigenvalue weighted by Crippen LogP contribution is 2.07. The smallest absolute Gasteiger partial charge is 0.127 e. The number of nitrogens with zero attached hydrogens (tertiary/aromatic N) is 2. The minimum absolute atomic E-state index is 1.14. The summed E-state index contributed by atoms with van der Waals surface area (Å²) < 4.78 is 0. The lowest BCUT2D eigenvalue weighted by Crippen LogP contribution is -2.41. The molecule has 0 aliphatic carbocycles. The highest BCUT2D eigenvalue weighted by Gasteiger charge is 2.20. The number of rotatable bonds is 3. The Balaban J connectivity index is 2.21. The third-order valence-electron chi connectivity index (χ3n) is 2.70. The van der Waals surface area contributed by atoms with Crippen LogP contribution in [-0.4, -0.2) is 18.0 Å². The van der Waals surface area contributed by atoms with E-state index in [0.717, 1.165) is 5.56 Å². The molecular weight excluding hydrogens is 224 g/mol. The largest absolute Gasteiger partial charge is 0.266 e. The zero-order valence-electron chi connectivity index (χ0n) is 10.2. The summed E-state index contributed by atoms with van der Waals surface area (Å²) in [6.45, 7) is 4.59. The predicted molar refractivity (Wildman–Crippen MR) is 74.6 cm³/mol. The topological polar surface area (TPSA) is 25.8 Å². The molecular formula is C14H16N2Si. The minimum Gasteiger partial charge on any atom is -0.266 e. The number of hydrogen-bond donors (Lipinski definition) is 0. The van der Waals surface area contributed by atoms with Crippen LogP contribution in [0.25, 0.3) is 6.08 Å². The summed E-state index contributed by atoms with van der Waals surface area (Å²) in [6, 6.07) is 10.1. The molecule has 2 aromatic rings. The SMILES string of the molecule is C[Si](C)(/C=C/c1cccnc1)c1ccccn1. The molecule has 86 valence electrons. The van der Waals surface area contributed by atoms with E-state index in [2.05, 4.69) is 53.0 Å². The van der Waals surface area contributed by atoms with Gasteiger partial charge in [-0.3, -0.25) is 9.97 Å². The predicted octanol–water partition coefficient (Wildman–Crippen LogP) is 2.64. The molecule has 3 heteroatoms. The summed E-state index contributed by atoms with van der Waals surface area (Å²) in [5.74, 6) is 0. The minimum atomic E-state index is -1.58. The van der Waals surface area contributed by atoms with Crippen LogP contribution in [-0.2, 0) is 0 Å². The van der Waals surface area contributed by atoms with E-state index in [1.54, 1.807) is 6.20 Å². The molecule has 0 unspecified atom stereocenters. The second kappa shape index (κ2) is 5.06. The van der Waals surface area contributed by atoms with Crippen molar-refractivity contribution >= 4 is 19.5 Å². The Morgan fingerprint density at radius 1 is 1.06 bits per heavy atom. The second-order valence-electron chi connectivity index (χ2n) is 4.56. The van der Waals surface area contributed by atoms with Gasteiger partial charge in [0.1, 0.15) is 8.07 Å². The Kier molecular flexibility index (Phi) is 3.49. The molecule has 0 N–H and O–H groups in total. The Morgan fingerprint density at radius 3 is 2.59 bits per heavy atom. The first-order valence-electron chi connectivity index (χ1n) is 5.69. The van der Waals surface area contributed by atoms with Crippen LogP contribution in [0.4, 0.5) is 0 Å². The molecule has 0 aliphatic heterocycles. The van der Waals surface area contributed by atoms with Crippen LogP contribution >= 0.6 is 0 Å². The van der Waals surface area contributed by atoms with E-state index in [9.17, 15) is 0 Å². The van der Waals surface area contributed by atoms with Crippen molar-refractivity contribution in [2.45, 2.75) is 13.1 Å². The number of aromatic nitrogens is 2.